The number of nitrogens with zero attached hydrogens (tertiary/aromatic N) is 4. The van der Waals surface area contributed by atoms with Gasteiger partial charge >= 0.3 is 5.69 Å². The molecule has 0 saturated carbocycles. The summed E-state index contributed by atoms with van der Waals surface area (Å²) in [5.74, 6) is 0.499. The number of nitriles is 1. The normalized spacial score (nSPS) is 17.1. The average Bonchev–Trinajstić information content (AvgIpc) is 2.62. The van der Waals surface area contributed by atoms with E-state index >= 15 is 0 Å². The van der Waals surface area contributed by atoms with Crippen molar-refractivity contribution >= 4 is 5.82 Å². The van der Waals surface area contributed by atoms with E-state index in [0.29, 0.717) is 30.0 Å². The molecule has 1 aliphatic rings. The Bertz CT molecular complexity index is 986. The van der Waals surface area contributed by atoms with Gasteiger partial charge in [-0.05, 0) is 36.6 Å². The number of nitrogens with two attached hydrogens (primary N) is 1. The van der Waals surface area contributed by atoms with Crippen LogP contribution in [0, 0.1) is 11.3 Å². The largest absolute Gasteiger partial charge is 0.508 e. The third kappa shape index (κ3) is 3.34. The van der Waals surface area contributed by atoms with Crippen molar-refractivity contribution in [3.05, 3.63) is 56.2 Å². The molecule has 0 spiro atoms. The molecule has 2 aromatic rings. The van der Waals surface area contributed by atoms with Crippen molar-refractivity contribution in [2.24, 2.45) is 12.8 Å². The fraction of sp³-hybridized carbons (Fsp3) is 0.389. The van der Waals surface area contributed by atoms with Gasteiger partial charge < -0.3 is 15.7 Å². The molecular formula is C18H21N5O3. The standard InChI is InChI=1S/C18H21N5O3/c1-21-17(25)8-16(22-6-2-3-14(20)11-22)23(18(21)26)10-13-7-15(24)5-4-12(13)9-19/h4-5,7-8,14,24H,2-3,6,10-11,20H2,1H3/t14-/m1/s1. The van der Waals surface area contributed by atoms with Gasteiger partial charge in [0.2, 0.25) is 0 Å². The van der Waals surface area contributed by atoms with Crippen molar-refractivity contribution < 1.29 is 5.11 Å². The van der Waals surface area contributed by atoms with E-state index in [-0.39, 0.29) is 18.3 Å². The lowest BCUT2D eigenvalue weighted by Gasteiger charge is -2.34. The lowest BCUT2D eigenvalue weighted by atomic mass is 10.1. The summed E-state index contributed by atoms with van der Waals surface area (Å²) >= 11 is 0. The monoisotopic (exact) mass is 355 g/mol. The number of rotatable bonds is 3. The third-order valence-corrected chi connectivity index (χ3v) is 4.70. The maximum Gasteiger partial charge on any atom is 0.332 e. The summed E-state index contributed by atoms with van der Waals surface area (Å²) in [4.78, 5) is 26.8. The first-order chi connectivity index (χ1) is 12.4. The first kappa shape index (κ1) is 17.8. The van der Waals surface area contributed by atoms with Crippen LogP contribution in [0.25, 0.3) is 0 Å². The van der Waals surface area contributed by atoms with Crippen molar-refractivity contribution in [1.29, 1.82) is 5.26 Å². The first-order valence-electron chi connectivity index (χ1n) is 8.44. The van der Waals surface area contributed by atoms with Crippen molar-refractivity contribution in [1.82, 2.24) is 9.13 Å². The number of aromatic hydroxyl groups is 1. The SMILES string of the molecule is Cn1c(=O)cc(N2CCC[C@@H](N)C2)n(Cc2cc(O)ccc2C#N)c1=O. The smallest absolute Gasteiger partial charge is 0.332 e. The van der Waals surface area contributed by atoms with Gasteiger partial charge in [0.25, 0.3) is 5.56 Å². The van der Waals surface area contributed by atoms with Crippen LogP contribution in [0.3, 0.4) is 0 Å². The van der Waals surface area contributed by atoms with Crippen LogP contribution in [-0.4, -0.2) is 33.4 Å². The van der Waals surface area contributed by atoms with E-state index in [9.17, 15) is 20.0 Å². The van der Waals surface area contributed by atoms with Crippen LogP contribution >= 0.6 is 0 Å². The Morgan fingerprint density at radius 2 is 2.12 bits per heavy atom. The maximum atomic E-state index is 12.7. The molecule has 8 nitrogen and oxygen atoms in total. The van der Waals surface area contributed by atoms with Crippen LogP contribution in [0.2, 0.25) is 0 Å². The molecule has 0 unspecified atom stereocenters. The predicted molar refractivity (Wildman–Crippen MR) is 97.3 cm³/mol. The number of aromatic nitrogens is 2. The van der Waals surface area contributed by atoms with Gasteiger partial charge in [0.05, 0.1) is 18.2 Å². The lowest BCUT2D eigenvalue weighted by molar-refractivity contribution is 0.473. The summed E-state index contributed by atoms with van der Waals surface area (Å²) in [7, 11) is 1.42. The molecule has 0 radical (unpaired) electrons. The van der Waals surface area contributed by atoms with Gasteiger partial charge in [0.1, 0.15) is 11.6 Å². The van der Waals surface area contributed by atoms with E-state index in [1.165, 1.54) is 35.9 Å². The van der Waals surface area contributed by atoms with Crippen molar-refractivity contribution in [3.63, 3.8) is 0 Å². The van der Waals surface area contributed by atoms with E-state index < -0.39 is 11.2 Å². The Balaban J connectivity index is 2.13. The van der Waals surface area contributed by atoms with Crippen LogP contribution in [0.4, 0.5) is 5.82 Å². The van der Waals surface area contributed by atoms with E-state index in [2.05, 4.69) is 6.07 Å². The first-order valence-corrected chi connectivity index (χ1v) is 8.44. The highest BCUT2D eigenvalue weighted by atomic mass is 16.3. The minimum absolute atomic E-state index is 0.0124. The quantitative estimate of drug-likeness (QED) is 0.806. The van der Waals surface area contributed by atoms with Crippen molar-refractivity contribution in [2.75, 3.05) is 18.0 Å². The summed E-state index contributed by atoms with van der Waals surface area (Å²) in [6, 6.07) is 7.86. The summed E-state index contributed by atoms with van der Waals surface area (Å²) in [5.41, 5.74) is 6.06. The Kier molecular flexibility index (Phi) is 4.82. The van der Waals surface area contributed by atoms with E-state index in [4.69, 9.17) is 5.73 Å². The molecule has 26 heavy (non-hydrogen) atoms. The summed E-state index contributed by atoms with van der Waals surface area (Å²) < 4.78 is 2.48. The fourth-order valence-corrected chi connectivity index (χ4v) is 3.28. The molecule has 1 aliphatic heterocycles. The van der Waals surface area contributed by atoms with Gasteiger partial charge in [0.15, 0.2) is 0 Å². The van der Waals surface area contributed by atoms with Gasteiger partial charge in [-0.1, -0.05) is 0 Å². The number of phenolic OH excluding ortho intramolecular Hbond substituents is 1. The molecule has 3 N–H and O–H groups in total. The minimum atomic E-state index is -0.473. The number of hydrogen-bond acceptors (Lipinski definition) is 6. The number of anilines is 1. The molecule has 0 aliphatic carbocycles. The minimum Gasteiger partial charge on any atom is -0.508 e. The van der Waals surface area contributed by atoms with Crippen LogP contribution in [0.15, 0.2) is 33.9 Å². The summed E-state index contributed by atoms with van der Waals surface area (Å²) in [6.45, 7) is 1.33. The van der Waals surface area contributed by atoms with Crippen molar-refractivity contribution in [3.8, 4) is 11.8 Å². The van der Waals surface area contributed by atoms with Crippen molar-refractivity contribution in [2.45, 2.75) is 25.4 Å². The number of benzene rings is 1. The van der Waals surface area contributed by atoms with Gasteiger partial charge in [-0.2, -0.15) is 5.26 Å². The molecule has 0 bridgehead atoms. The molecule has 1 atom stereocenters. The van der Waals surface area contributed by atoms with Gasteiger partial charge in [-0.3, -0.25) is 13.9 Å². The Hall–Kier alpha value is -3.05. The number of hydrogen-bond donors (Lipinski definition) is 2. The highest BCUT2D eigenvalue weighted by Gasteiger charge is 2.22. The second-order valence-corrected chi connectivity index (χ2v) is 6.57. The number of phenols is 1. The zero-order chi connectivity index (χ0) is 18.8. The second kappa shape index (κ2) is 7.06. The fourth-order valence-electron chi connectivity index (χ4n) is 3.28. The highest BCUT2D eigenvalue weighted by Crippen LogP contribution is 2.21. The lowest BCUT2D eigenvalue weighted by Crippen LogP contribution is -2.47. The van der Waals surface area contributed by atoms with Gasteiger partial charge in [-0.15, -0.1) is 0 Å². The Morgan fingerprint density at radius 1 is 1.35 bits per heavy atom. The maximum absolute atomic E-state index is 12.7. The third-order valence-electron chi connectivity index (χ3n) is 4.70. The zero-order valence-electron chi connectivity index (χ0n) is 14.6. The molecule has 1 saturated heterocycles. The summed E-state index contributed by atoms with van der Waals surface area (Å²) in [6.07, 6.45) is 1.77. The molecule has 0 amide bonds. The van der Waals surface area contributed by atoms with Gasteiger partial charge in [0, 0.05) is 32.2 Å². The Morgan fingerprint density at radius 3 is 2.81 bits per heavy atom. The molecule has 2 heterocycles. The molecule has 8 heteroatoms. The molecule has 1 fully saturated rings. The van der Waals surface area contributed by atoms with E-state index in [1.54, 1.807) is 0 Å². The van der Waals surface area contributed by atoms with E-state index in [1.807, 2.05) is 4.90 Å². The second-order valence-electron chi connectivity index (χ2n) is 6.57. The number of piperidine rings is 1. The van der Waals surface area contributed by atoms with Crippen LogP contribution in [-0.2, 0) is 13.6 Å². The van der Waals surface area contributed by atoms with E-state index in [0.717, 1.165) is 17.4 Å². The predicted octanol–water partition coefficient (Wildman–Crippen LogP) is 0.100. The summed E-state index contributed by atoms with van der Waals surface area (Å²) in [5, 5.41) is 19.1. The zero-order valence-corrected chi connectivity index (χ0v) is 14.6. The molecule has 1 aromatic heterocycles. The molecule has 136 valence electrons. The van der Waals surface area contributed by atoms with Gasteiger partial charge in [-0.25, -0.2) is 4.79 Å². The van der Waals surface area contributed by atoms with Crippen LogP contribution in [0.1, 0.15) is 24.0 Å². The topological polar surface area (TPSA) is 117 Å². The molecule has 1 aromatic carbocycles. The highest BCUT2D eigenvalue weighted by molar-refractivity contribution is 5.45. The Labute approximate surface area is 150 Å². The molecule has 3 rings (SSSR count). The van der Waals surface area contributed by atoms with Crippen LogP contribution < -0.4 is 21.9 Å². The molecular weight excluding hydrogens is 334 g/mol. The average molecular weight is 355 g/mol. The van der Waals surface area contributed by atoms with Crippen LogP contribution in [0.5, 0.6) is 5.75 Å².